The average Bonchev–Trinajstić information content (AvgIpc) is 2.36. The van der Waals surface area contributed by atoms with Gasteiger partial charge in [-0.15, -0.1) is 0 Å². The number of nitrogens with one attached hydrogen (secondary N) is 1. The lowest BCUT2D eigenvalue weighted by atomic mass is 9.85. The summed E-state index contributed by atoms with van der Waals surface area (Å²) >= 11 is 0. The van der Waals surface area contributed by atoms with E-state index in [1.165, 1.54) is 37.7 Å². The maximum Gasteiger partial charge on any atom is 0.270 e. The molecule has 1 aliphatic carbocycles. The van der Waals surface area contributed by atoms with E-state index < -0.39 is 4.92 Å². The predicted molar refractivity (Wildman–Crippen MR) is 72.0 cm³/mol. The molecule has 0 saturated heterocycles. The lowest BCUT2D eigenvalue weighted by Crippen LogP contribution is -2.21. The van der Waals surface area contributed by atoms with Gasteiger partial charge >= 0.3 is 0 Å². The Labute approximate surface area is 110 Å². The number of nitro benzene ring substituents is 1. The summed E-state index contributed by atoms with van der Waals surface area (Å²) in [6.07, 6.45) is 5.27. The molecule has 0 aliphatic heterocycles. The van der Waals surface area contributed by atoms with Gasteiger partial charge in [-0.2, -0.15) is 0 Å². The molecule has 1 saturated carbocycles. The highest BCUT2D eigenvalue weighted by Gasteiger charge is 2.18. The summed E-state index contributed by atoms with van der Waals surface area (Å²) in [5, 5.41) is 14.8. The molecular weight excluding hydrogens is 244 g/mol. The van der Waals surface area contributed by atoms with Crippen LogP contribution in [0.15, 0.2) is 24.5 Å². The molecule has 0 atom stereocenters. The number of aromatic nitrogens is 2. The first-order valence-electron chi connectivity index (χ1n) is 6.37. The van der Waals surface area contributed by atoms with E-state index in [0.717, 1.165) is 12.1 Å². The Morgan fingerprint density at radius 2 is 2.21 bits per heavy atom. The van der Waals surface area contributed by atoms with Crippen LogP contribution in [0.5, 0.6) is 0 Å². The molecule has 6 nitrogen and oxygen atoms in total. The van der Waals surface area contributed by atoms with Crippen molar-refractivity contribution in [2.75, 3.05) is 11.9 Å². The van der Waals surface area contributed by atoms with Gasteiger partial charge in [-0.3, -0.25) is 10.1 Å². The van der Waals surface area contributed by atoms with Gasteiger partial charge in [-0.05, 0) is 24.8 Å². The highest BCUT2D eigenvalue weighted by atomic mass is 16.6. The molecule has 98 valence electrons. The lowest BCUT2D eigenvalue weighted by Gasteiger charge is -2.25. The first-order chi connectivity index (χ1) is 9.24. The minimum atomic E-state index is -0.401. The van der Waals surface area contributed by atoms with Crippen molar-refractivity contribution < 1.29 is 4.92 Å². The maximum atomic E-state index is 10.8. The van der Waals surface area contributed by atoms with Crippen LogP contribution in [-0.4, -0.2) is 21.4 Å². The van der Waals surface area contributed by atoms with Gasteiger partial charge in [-0.1, -0.05) is 6.42 Å². The quantitative estimate of drug-likeness (QED) is 0.673. The maximum absolute atomic E-state index is 10.8. The second kappa shape index (κ2) is 4.79. The molecule has 6 heteroatoms. The van der Waals surface area contributed by atoms with Crippen molar-refractivity contribution in [3.8, 4) is 0 Å². The first kappa shape index (κ1) is 11.8. The molecule has 0 amide bonds. The smallest absolute Gasteiger partial charge is 0.270 e. The van der Waals surface area contributed by atoms with Gasteiger partial charge in [0.05, 0.1) is 10.4 Å². The number of non-ortho nitro benzene ring substituents is 1. The molecule has 1 aromatic heterocycles. The Hall–Kier alpha value is -2.24. The number of benzene rings is 1. The highest BCUT2D eigenvalue weighted by Crippen LogP contribution is 2.28. The number of hydrogen-bond acceptors (Lipinski definition) is 5. The third kappa shape index (κ3) is 2.33. The third-order valence-corrected chi connectivity index (χ3v) is 3.61. The van der Waals surface area contributed by atoms with E-state index in [4.69, 9.17) is 0 Å². The first-order valence-corrected chi connectivity index (χ1v) is 6.37. The minimum Gasteiger partial charge on any atom is -0.369 e. The van der Waals surface area contributed by atoms with Crippen molar-refractivity contribution in [3.63, 3.8) is 0 Å². The molecule has 0 spiro atoms. The number of rotatable bonds is 4. The fourth-order valence-corrected chi connectivity index (χ4v) is 2.24. The van der Waals surface area contributed by atoms with Crippen LogP contribution in [0.2, 0.25) is 0 Å². The Morgan fingerprint density at radius 3 is 2.89 bits per heavy atom. The van der Waals surface area contributed by atoms with E-state index in [1.54, 1.807) is 6.07 Å². The van der Waals surface area contributed by atoms with E-state index >= 15 is 0 Å². The Kier molecular flexibility index (Phi) is 2.98. The molecule has 19 heavy (non-hydrogen) atoms. The van der Waals surface area contributed by atoms with Crippen LogP contribution in [0.4, 0.5) is 11.5 Å². The Bertz CT molecular complexity index is 625. The molecule has 2 aromatic rings. The van der Waals surface area contributed by atoms with Crippen molar-refractivity contribution in [2.24, 2.45) is 5.92 Å². The molecule has 0 radical (unpaired) electrons. The number of nitrogens with zero attached hydrogens (tertiary/aromatic N) is 3. The SMILES string of the molecule is O=[N+]([O-])c1ccc2ncnc(NCC3CCC3)c2c1. The monoisotopic (exact) mass is 258 g/mol. The molecular formula is C13H14N4O2. The summed E-state index contributed by atoms with van der Waals surface area (Å²) in [6.45, 7) is 0.870. The largest absolute Gasteiger partial charge is 0.369 e. The van der Waals surface area contributed by atoms with Crippen LogP contribution < -0.4 is 5.32 Å². The topological polar surface area (TPSA) is 81.0 Å². The average molecular weight is 258 g/mol. The molecule has 1 aromatic carbocycles. The van der Waals surface area contributed by atoms with Gasteiger partial charge in [0.2, 0.25) is 0 Å². The standard InChI is InChI=1S/C13H14N4O2/c18-17(19)10-4-5-12-11(6-10)13(16-8-15-12)14-7-9-2-1-3-9/h4-6,8-9H,1-3,7H2,(H,14,15,16). The Morgan fingerprint density at radius 1 is 1.37 bits per heavy atom. The van der Waals surface area contributed by atoms with Crippen LogP contribution in [0.25, 0.3) is 10.9 Å². The van der Waals surface area contributed by atoms with Gasteiger partial charge in [0.15, 0.2) is 0 Å². The van der Waals surface area contributed by atoms with Crippen LogP contribution >= 0.6 is 0 Å². The van der Waals surface area contributed by atoms with Crippen molar-refractivity contribution in [1.29, 1.82) is 0 Å². The molecule has 0 unspecified atom stereocenters. The van der Waals surface area contributed by atoms with Crippen molar-refractivity contribution in [1.82, 2.24) is 9.97 Å². The van der Waals surface area contributed by atoms with E-state index in [-0.39, 0.29) is 5.69 Å². The summed E-state index contributed by atoms with van der Waals surface area (Å²) in [4.78, 5) is 18.7. The summed E-state index contributed by atoms with van der Waals surface area (Å²) in [7, 11) is 0. The van der Waals surface area contributed by atoms with E-state index in [0.29, 0.717) is 17.1 Å². The minimum absolute atomic E-state index is 0.0639. The number of hydrogen-bond donors (Lipinski definition) is 1. The number of nitro groups is 1. The van der Waals surface area contributed by atoms with Gasteiger partial charge < -0.3 is 5.32 Å². The molecule has 1 fully saturated rings. The van der Waals surface area contributed by atoms with Crippen LogP contribution in [-0.2, 0) is 0 Å². The lowest BCUT2D eigenvalue weighted by molar-refractivity contribution is -0.384. The summed E-state index contributed by atoms with van der Waals surface area (Å²) in [5.74, 6) is 1.38. The zero-order chi connectivity index (χ0) is 13.2. The zero-order valence-electron chi connectivity index (χ0n) is 10.4. The van der Waals surface area contributed by atoms with Gasteiger partial charge in [0.1, 0.15) is 12.1 Å². The second-order valence-electron chi connectivity index (χ2n) is 4.86. The summed E-state index contributed by atoms with van der Waals surface area (Å²) in [5.41, 5.74) is 0.783. The molecule has 1 heterocycles. The van der Waals surface area contributed by atoms with E-state index in [9.17, 15) is 10.1 Å². The molecule has 3 rings (SSSR count). The summed E-state index contributed by atoms with van der Waals surface area (Å²) < 4.78 is 0. The highest BCUT2D eigenvalue weighted by molar-refractivity contribution is 5.90. The van der Waals surface area contributed by atoms with Crippen LogP contribution in [0.1, 0.15) is 19.3 Å². The van der Waals surface area contributed by atoms with Crippen molar-refractivity contribution in [2.45, 2.75) is 19.3 Å². The van der Waals surface area contributed by atoms with Crippen molar-refractivity contribution in [3.05, 3.63) is 34.6 Å². The van der Waals surface area contributed by atoms with Gasteiger partial charge in [-0.25, -0.2) is 9.97 Å². The predicted octanol–water partition coefficient (Wildman–Crippen LogP) is 2.75. The molecule has 0 bridgehead atoms. The van der Waals surface area contributed by atoms with Gasteiger partial charge in [0, 0.05) is 24.1 Å². The normalized spacial score (nSPS) is 15.2. The zero-order valence-corrected chi connectivity index (χ0v) is 10.4. The van der Waals surface area contributed by atoms with Crippen LogP contribution in [0, 0.1) is 16.0 Å². The second-order valence-corrected chi connectivity index (χ2v) is 4.86. The van der Waals surface area contributed by atoms with Crippen LogP contribution in [0.3, 0.4) is 0 Å². The number of anilines is 1. The fourth-order valence-electron chi connectivity index (χ4n) is 2.24. The molecule has 1 N–H and O–H groups in total. The van der Waals surface area contributed by atoms with Crippen molar-refractivity contribution >= 4 is 22.4 Å². The van der Waals surface area contributed by atoms with E-state index in [2.05, 4.69) is 15.3 Å². The third-order valence-electron chi connectivity index (χ3n) is 3.61. The van der Waals surface area contributed by atoms with E-state index in [1.807, 2.05) is 0 Å². The summed E-state index contributed by atoms with van der Waals surface area (Å²) in [6, 6.07) is 4.65. The fraction of sp³-hybridized carbons (Fsp3) is 0.385. The number of fused-ring (bicyclic) bond motifs is 1. The van der Waals surface area contributed by atoms with Gasteiger partial charge in [0.25, 0.3) is 5.69 Å². The Balaban J connectivity index is 1.92. The molecule has 1 aliphatic rings.